The highest BCUT2D eigenvalue weighted by Gasteiger charge is 2.21. The van der Waals surface area contributed by atoms with Crippen molar-refractivity contribution in [3.8, 4) is 11.6 Å². The topological polar surface area (TPSA) is 46.3 Å². The predicted octanol–water partition coefficient (Wildman–Crippen LogP) is 2.33. The average Bonchev–Trinajstić information content (AvgIpc) is 2.80. The molecule has 0 aliphatic rings. The maximum atomic E-state index is 10.6. The predicted molar refractivity (Wildman–Crippen MR) is 97.6 cm³/mol. The molecule has 0 unspecified atom stereocenters. The number of nitrogens with zero attached hydrogens (tertiary/aromatic N) is 3. The highest BCUT2D eigenvalue weighted by Crippen LogP contribution is 2.25. The van der Waals surface area contributed by atoms with Crippen molar-refractivity contribution >= 4 is 23.6 Å². The van der Waals surface area contributed by atoms with E-state index in [0.29, 0.717) is 11.0 Å². The van der Waals surface area contributed by atoms with E-state index in [9.17, 15) is 5.11 Å². The maximum Gasteiger partial charge on any atom is 0.281 e. The van der Waals surface area contributed by atoms with Crippen LogP contribution in [0.3, 0.4) is 0 Å². The van der Waals surface area contributed by atoms with Gasteiger partial charge in [-0.05, 0) is 43.0 Å². The lowest BCUT2D eigenvalue weighted by Crippen LogP contribution is -2.39. The van der Waals surface area contributed by atoms with Crippen LogP contribution < -0.4 is 19.9 Å². The first-order valence-electron chi connectivity index (χ1n) is 7.61. The number of aromatic hydroxyl groups is 1. The number of nitrogens with one attached hydrogen (secondary N) is 1. The third-order valence-corrected chi connectivity index (χ3v) is 3.92. The molecule has 3 aromatic rings. The molecule has 0 spiro atoms. The molecule has 24 heavy (non-hydrogen) atoms. The first-order valence-corrected chi connectivity index (χ1v) is 7.61. The number of hydrogen-bond donors (Lipinski definition) is 2. The van der Waals surface area contributed by atoms with Crippen LogP contribution in [0.5, 0.6) is 5.88 Å². The van der Waals surface area contributed by atoms with E-state index in [1.54, 1.807) is 9.04 Å². The Hall–Kier alpha value is -3.21. The van der Waals surface area contributed by atoms with Gasteiger partial charge >= 0.3 is 0 Å². The van der Waals surface area contributed by atoms with Crippen molar-refractivity contribution in [1.29, 1.82) is 0 Å². The summed E-state index contributed by atoms with van der Waals surface area (Å²) in [5.74, 6) is 0.0675. The van der Waals surface area contributed by atoms with Gasteiger partial charge in [-0.25, -0.2) is 0 Å². The minimum Gasteiger partial charge on any atom is -0.489 e. The SMILES string of the molecule is C=c1c(Nc2ccc(N(C)C)cc2)c(O)n(-c2ccccc2)[n+]1=C. The fourth-order valence-electron chi connectivity index (χ4n) is 2.55. The van der Waals surface area contributed by atoms with Gasteiger partial charge in [-0.2, -0.15) is 0 Å². The van der Waals surface area contributed by atoms with Gasteiger partial charge in [0.25, 0.3) is 11.2 Å². The van der Waals surface area contributed by atoms with Crippen LogP contribution in [0.15, 0.2) is 54.6 Å². The lowest BCUT2D eigenvalue weighted by Gasteiger charge is -2.12. The molecule has 0 amide bonds. The third-order valence-electron chi connectivity index (χ3n) is 3.92. The molecule has 1 heterocycles. The van der Waals surface area contributed by atoms with E-state index >= 15 is 0 Å². The van der Waals surface area contributed by atoms with Crippen molar-refractivity contribution < 1.29 is 9.46 Å². The Morgan fingerprint density at radius 2 is 1.67 bits per heavy atom. The molecule has 3 rings (SSSR count). The summed E-state index contributed by atoms with van der Waals surface area (Å²) >= 11 is 0. The fraction of sp³-hybridized carbons (Fsp3) is 0.105. The quantitative estimate of drug-likeness (QED) is 0.725. The zero-order chi connectivity index (χ0) is 17.3. The molecule has 0 saturated heterocycles. The second kappa shape index (κ2) is 6.12. The Labute approximate surface area is 141 Å². The van der Waals surface area contributed by atoms with Crippen LogP contribution in [0.2, 0.25) is 0 Å². The van der Waals surface area contributed by atoms with Crippen molar-refractivity contribution in [2.45, 2.75) is 0 Å². The van der Waals surface area contributed by atoms with Gasteiger partial charge in [-0.1, -0.05) is 27.2 Å². The smallest absolute Gasteiger partial charge is 0.281 e. The van der Waals surface area contributed by atoms with Crippen LogP contribution in [0, 0.1) is 6.72 Å². The van der Waals surface area contributed by atoms with E-state index in [-0.39, 0.29) is 5.88 Å². The first-order chi connectivity index (χ1) is 11.5. The lowest BCUT2D eigenvalue weighted by atomic mass is 10.2. The Bertz CT molecular complexity index is 944. The normalized spacial score (nSPS) is 10.6. The van der Waals surface area contributed by atoms with E-state index in [1.807, 2.05) is 73.6 Å². The van der Waals surface area contributed by atoms with Crippen LogP contribution in [-0.2, 0) is 0 Å². The van der Waals surface area contributed by atoms with Gasteiger partial charge in [0.1, 0.15) is 5.69 Å². The summed E-state index contributed by atoms with van der Waals surface area (Å²) in [4.78, 5) is 2.03. The number of benzene rings is 2. The Kier molecular flexibility index (Phi) is 4.00. The zero-order valence-electron chi connectivity index (χ0n) is 13.9. The molecule has 2 N–H and O–H groups in total. The van der Waals surface area contributed by atoms with Gasteiger partial charge in [0, 0.05) is 25.5 Å². The van der Waals surface area contributed by atoms with E-state index in [2.05, 4.69) is 18.6 Å². The fourth-order valence-corrected chi connectivity index (χ4v) is 2.55. The summed E-state index contributed by atoms with van der Waals surface area (Å²) in [6.45, 7) is 7.99. The monoisotopic (exact) mass is 321 g/mol. The Morgan fingerprint density at radius 3 is 2.25 bits per heavy atom. The van der Waals surface area contributed by atoms with Crippen LogP contribution >= 0.6 is 0 Å². The summed E-state index contributed by atoms with van der Waals surface area (Å²) in [6, 6.07) is 17.5. The van der Waals surface area contributed by atoms with E-state index in [1.165, 1.54) is 0 Å². The molecular formula is C19H21N4O+. The summed E-state index contributed by atoms with van der Waals surface area (Å²) in [5, 5.41) is 14.5. The molecule has 0 aliphatic carbocycles. The van der Waals surface area contributed by atoms with Crippen LogP contribution in [0.4, 0.5) is 17.1 Å². The number of aromatic nitrogens is 2. The van der Waals surface area contributed by atoms with Crippen LogP contribution in [0.25, 0.3) is 12.3 Å². The molecule has 0 saturated carbocycles. The van der Waals surface area contributed by atoms with E-state index < -0.39 is 0 Å². The lowest BCUT2D eigenvalue weighted by molar-refractivity contribution is -0.597. The number of hydrogen-bond acceptors (Lipinski definition) is 3. The summed E-state index contributed by atoms with van der Waals surface area (Å²) < 4.78 is 3.18. The van der Waals surface area contributed by atoms with Crippen molar-refractivity contribution in [2.24, 2.45) is 0 Å². The van der Waals surface area contributed by atoms with E-state index in [4.69, 9.17) is 0 Å². The number of rotatable bonds is 4. The van der Waals surface area contributed by atoms with Gasteiger partial charge in [0.2, 0.25) is 0 Å². The molecule has 5 heteroatoms. The summed E-state index contributed by atoms with van der Waals surface area (Å²) in [7, 11) is 3.99. The van der Waals surface area contributed by atoms with Crippen molar-refractivity contribution in [3.63, 3.8) is 0 Å². The third kappa shape index (κ3) is 2.72. The molecule has 0 atom stereocenters. The summed E-state index contributed by atoms with van der Waals surface area (Å²) in [5.41, 5.74) is 3.32. The minimum atomic E-state index is 0.0675. The number of para-hydroxylation sites is 1. The number of anilines is 3. The van der Waals surface area contributed by atoms with Gasteiger partial charge < -0.3 is 15.3 Å². The second-order valence-corrected chi connectivity index (χ2v) is 5.76. The Balaban J connectivity index is 2.01. The molecule has 0 fully saturated rings. The average molecular weight is 321 g/mol. The highest BCUT2D eigenvalue weighted by molar-refractivity contribution is 5.66. The first kappa shape index (κ1) is 15.7. The van der Waals surface area contributed by atoms with E-state index in [0.717, 1.165) is 17.1 Å². The minimum absolute atomic E-state index is 0.0675. The van der Waals surface area contributed by atoms with Crippen LogP contribution in [-0.4, -0.2) is 23.9 Å². The molecule has 5 nitrogen and oxygen atoms in total. The van der Waals surface area contributed by atoms with Gasteiger partial charge in [-0.3, -0.25) is 0 Å². The van der Waals surface area contributed by atoms with Gasteiger partial charge in [-0.15, -0.1) is 0 Å². The van der Waals surface area contributed by atoms with Crippen molar-refractivity contribution in [1.82, 2.24) is 4.68 Å². The van der Waals surface area contributed by atoms with Crippen LogP contribution in [0.1, 0.15) is 0 Å². The van der Waals surface area contributed by atoms with Gasteiger partial charge in [0.15, 0.2) is 12.4 Å². The molecule has 0 aliphatic heterocycles. The molecule has 122 valence electrons. The molecule has 0 bridgehead atoms. The van der Waals surface area contributed by atoms with Gasteiger partial charge in [0.05, 0.1) is 0 Å². The molecule has 1 aromatic heterocycles. The highest BCUT2D eigenvalue weighted by atomic mass is 16.3. The molecule has 2 aromatic carbocycles. The van der Waals surface area contributed by atoms with Crippen molar-refractivity contribution in [3.05, 3.63) is 66.7 Å². The molecule has 0 radical (unpaired) electrons. The second-order valence-electron chi connectivity index (χ2n) is 5.76. The zero-order valence-corrected chi connectivity index (χ0v) is 13.9. The summed E-state index contributed by atoms with van der Waals surface area (Å²) in [6.07, 6.45) is 0. The molecular weight excluding hydrogens is 300 g/mol. The van der Waals surface area contributed by atoms with Crippen molar-refractivity contribution in [2.75, 3.05) is 24.3 Å². The Morgan fingerprint density at radius 1 is 1.04 bits per heavy atom. The standard InChI is InChI=1S/C19H20N4O/c1-14-18(20-15-10-12-16(13-11-15)21(2)3)19(24)23(22(14)4)17-8-6-5-7-9-17/h5-13,20H,1,4H2,2-3H3/p+1. The maximum absolute atomic E-state index is 10.6. The largest absolute Gasteiger partial charge is 0.489 e.